The number of nitrogens with zero attached hydrogens (tertiary/aromatic N) is 3. The van der Waals surface area contributed by atoms with E-state index in [1.165, 1.54) is 5.56 Å². The second-order valence-corrected chi connectivity index (χ2v) is 8.89. The summed E-state index contributed by atoms with van der Waals surface area (Å²) in [4.78, 5) is 12.6. The van der Waals surface area contributed by atoms with Crippen LogP contribution in [0.3, 0.4) is 0 Å². The van der Waals surface area contributed by atoms with E-state index in [-0.39, 0.29) is 12.5 Å². The van der Waals surface area contributed by atoms with Crippen molar-refractivity contribution in [3.8, 4) is 5.69 Å². The summed E-state index contributed by atoms with van der Waals surface area (Å²) in [5, 5.41) is 13.4. The van der Waals surface area contributed by atoms with Crippen molar-refractivity contribution in [2.24, 2.45) is 0 Å². The summed E-state index contributed by atoms with van der Waals surface area (Å²) in [5.41, 5.74) is 3.50. The summed E-state index contributed by atoms with van der Waals surface area (Å²) in [6.45, 7) is 2.19. The molecule has 8 heteroatoms. The van der Waals surface area contributed by atoms with Crippen molar-refractivity contribution in [3.63, 3.8) is 0 Å². The van der Waals surface area contributed by atoms with Gasteiger partial charge in [-0.15, -0.1) is 10.2 Å². The molecule has 0 bridgehead atoms. The molecule has 1 heterocycles. The van der Waals surface area contributed by atoms with E-state index in [1.807, 2.05) is 47.9 Å². The molecule has 4 rings (SSSR count). The molecule has 0 atom stereocenters. The van der Waals surface area contributed by atoms with Gasteiger partial charge in [0, 0.05) is 10.8 Å². The molecular formula is C24H20Cl2N4OS. The van der Waals surface area contributed by atoms with Crippen molar-refractivity contribution in [2.45, 2.75) is 24.4 Å². The van der Waals surface area contributed by atoms with Gasteiger partial charge in [-0.05, 0) is 42.3 Å². The van der Waals surface area contributed by atoms with Crippen LogP contribution in [0.15, 0.2) is 78.0 Å². The largest absolute Gasteiger partial charge is 0.345 e. The van der Waals surface area contributed by atoms with Crippen molar-refractivity contribution in [1.82, 2.24) is 20.1 Å². The third-order valence-electron chi connectivity index (χ3n) is 4.85. The van der Waals surface area contributed by atoms with Gasteiger partial charge in [-0.2, -0.15) is 0 Å². The Balaban J connectivity index is 1.63. The monoisotopic (exact) mass is 482 g/mol. The molecule has 0 spiro atoms. The molecule has 1 aromatic heterocycles. The van der Waals surface area contributed by atoms with Gasteiger partial charge < -0.3 is 5.32 Å². The minimum Gasteiger partial charge on any atom is -0.345 e. The van der Waals surface area contributed by atoms with Gasteiger partial charge in [0.15, 0.2) is 11.0 Å². The molecule has 32 heavy (non-hydrogen) atoms. The van der Waals surface area contributed by atoms with Gasteiger partial charge in [-0.1, -0.05) is 83.5 Å². The molecule has 0 saturated carbocycles. The number of amides is 1. The van der Waals surface area contributed by atoms with Crippen molar-refractivity contribution >= 4 is 40.9 Å². The van der Waals surface area contributed by atoms with Crippen LogP contribution in [0.4, 0.5) is 0 Å². The summed E-state index contributed by atoms with van der Waals surface area (Å²) < 4.78 is 1.95. The third-order valence-corrected chi connectivity index (χ3v) is 6.41. The number of carbonyl (C=O) groups is 1. The number of rotatable bonds is 7. The van der Waals surface area contributed by atoms with E-state index in [4.69, 9.17) is 23.2 Å². The second kappa shape index (κ2) is 10.2. The number of carbonyl (C=O) groups excluding carboxylic acids is 1. The average molecular weight is 483 g/mol. The predicted octanol–water partition coefficient (Wildman–Crippen LogP) is 6.10. The zero-order valence-corrected chi connectivity index (χ0v) is 19.6. The first-order chi connectivity index (χ1) is 15.5. The highest BCUT2D eigenvalue weighted by atomic mass is 35.5. The van der Waals surface area contributed by atoms with Gasteiger partial charge in [0.1, 0.15) is 0 Å². The number of aryl methyl sites for hydroxylation is 1. The summed E-state index contributed by atoms with van der Waals surface area (Å²) in [6, 6.07) is 22.8. The van der Waals surface area contributed by atoms with E-state index in [0.29, 0.717) is 21.4 Å². The van der Waals surface area contributed by atoms with Gasteiger partial charge in [0.05, 0.1) is 22.8 Å². The first-order valence-electron chi connectivity index (χ1n) is 9.93. The first-order valence-corrected chi connectivity index (χ1v) is 11.7. The van der Waals surface area contributed by atoms with Crippen LogP contribution >= 0.6 is 35.0 Å². The summed E-state index contributed by atoms with van der Waals surface area (Å²) >= 11 is 14.0. The van der Waals surface area contributed by atoms with Crippen molar-refractivity contribution in [2.75, 3.05) is 0 Å². The number of thioether (sulfide) groups is 1. The average Bonchev–Trinajstić information content (AvgIpc) is 3.21. The quantitative estimate of drug-likeness (QED) is 0.323. The van der Waals surface area contributed by atoms with Gasteiger partial charge in [0.25, 0.3) is 5.91 Å². The van der Waals surface area contributed by atoms with Crippen LogP contribution in [-0.4, -0.2) is 20.7 Å². The highest BCUT2D eigenvalue weighted by Crippen LogP contribution is 2.28. The lowest BCUT2D eigenvalue weighted by molar-refractivity contribution is 0.0950. The molecule has 0 radical (unpaired) electrons. The Labute approximate surface area is 200 Å². The van der Waals surface area contributed by atoms with Crippen LogP contribution in [-0.2, 0) is 12.3 Å². The Morgan fingerprint density at radius 3 is 2.53 bits per heavy atom. The molecular weight excluding hydrogens is 463 g/mol. The zero-order chi connectivity index (χ0) is 22.5. The zero-order valence-electron chi connectivity index (χ0n) is 17.3. The molecule has 0 fully saturated rings. The fourth-order valence-electron chi connectivity index (χ4n) is 3.20. The van der Waals surface area contributed by atoms with Crippen LogP contribution in [0.1, 0.15) is 27.3 Å². The summed E-state index contributed by atoms with van der Waals surface area (Å²) in [5.74, 6) is 1.07. The number of hydrogen-bond donors (Lipinski definition) is 1. The lowest BCUT2D eigenvalue weighted by Gasteiger charge is -2.14. The van der Waals surface area contributed by atoms with E-state index in [0.717, 1.165) is 22.2 Å². The van der Waals surface area contributed by atoms with Crippen LogP contribution in [0.2, 0.25) is 10.0 Å². The van der Waals surface area contributed by atoms with Crippen LogP contribution in [0.25, 0.3) is 5.69 Å². The highest BCUT2D eigenvalue weighted by Gasteiger charge is 2.18. The SMILES string of the molecule is Cc1ccc(Cl)cc1-n1c(CNC(=O)c2ccccc2Cl)nnc1SCc1ccccc1. The van der Waals surface area contributed by atoms with Crippen LogP contribution in [0.5, 0.6) is 0 Å². The number of halogens is 2. The van der Waals surface area contributed by atoms with Crippen LogP contribution < -0.4 is 5.32 Å². The van der Waals surface area contributed by atoms with Gasteiger partial charge in [-0.25, -0.2) is 0 Å². The van der Waals surface area contributed by atoms with E-state index in [2.05, 4.69) is 27.6 Å². The molecule has 0 aliphatic heterocycles. The molecule has 1 N–H and O–H groups in total. The van der Waals surface area contributed by atoms with E-state index < -0.39 is 0 Å². The van der Waals surface area contributed by atoms with E-state index in [9.17, 15) is 4.79 Å². The number of benzene rings is 3. The van der Waals surface area contributed by atoms with E-state index >= 15 is 0 Å². The Hall–Kier alpha value is -2.80. The molecule has 162 valence electrons. The van der Waals surface area contributed by atoms with Crippen molar-refractivity contribution in [1.29, 1.82) is 0 Å². The molecule has 3 aromatic carbocycles. The third kappa shape index (κ3) is 5.15. The number of hydrogen-bond acceptors (Lipinski definition) is 4. The number of nitrogens with one attached hydrogen (secondary N) is 1. The molecule has 5 nitrogen and oxygen atoms in total. The molecule has 4 aromatic rings. The van der Waals surface area contributed by atoms with Crippen molar-refractivity contribution < 1.29 is 4.79 Å². The van der Waals surface area contributed by atoms with Crippen molar-refractivity contribution in [3.05, 3.63) is 105 Å². The maximum atomic E-state index is 12.6. The normalized spacial score (nSPS) is 10.8. The van der Waals surface area contributed by atoms with Crippen LogP contribution in [0, 0.1) is 6.92 Å². The Bertz CT molecular complexity index is 1240. The summed E-state index contributed by atoms with van der Waals surface area (Å²) in [7, 11) is 0. The molecule has 0 aliphatic carbocycles. The van der Waals surface area contributed by atoms with Gasteiger partial charge in [0.2, 0.25) is 0 Å². The van der Waals surface area contributed by atoms with Gasteiger partial charge in [-0.3, -0.25) is 9.36 Å². The fraction of sp³-hybridized carbons (Fsp3) is 0.125. The standard InChI is InChI=1S/C24H20Cl2N4OS/c1-16-11-12-18(25)13-21(16)30-22(14-27-23(31)19-9-5-6-10-20(19)26)28-29-24(30)32-15-17-7-3-2-4-8-17/h2-13H,14-15H2,1H3,(H,27,31). The first kappa shape index (κ1) is 22.4. The minimum atomic E-state index is -0.272. The van der Waals surface area contributed by atoms with Gasteiger partial charge >= 0.3 is 0 Å². The minimum absolute atomic E-state index is 0.189. The topological polar surface area (TPSA) is 59.8 Å². The Morgan fingerprint density at radius 1 is 1.00 bits per heavy atom. The lowest BCUT2D eigenvalue weighted by Crippen LogP contribution is -2.25. The number of aromatic nitrogens is 3. The lowest BCUT2D eigenvalue weighted by atomic mass is 10.2. The summed E-state index contributed by atoms with van der Waals surface area (Å²) in [6.07, 6.45) is 0. The predicted molar refractivity (Wildman–Crippen MR) is 130 cm³/mol. The second-order valence-electron chi connectivity index (χ2n) is 7.10. The molecule has 1 amide bonds. The molecule has 0 unspecified atom stereocenters. The Kier molecular flexibility index (Phi) is 7.15. The Morgan fingerprint density at radius 2 is 1.75 bits per heavy atom. The molecule has 0 saturated heterocycles. The molecule has 0 aliphatic rings. The maximum absolute atomic E-state index is 12.6. The fourth-order valence-corrected chi connectivity index (χ4v) is 4.50. The maximum Gasteiger partial charge on any atom is 0.253 e. The smallest absolute Gasteiger partial charge is 0.253 e. The highest BCUT2D eigenvalue weighted by molar-refractivity contribution is 7.98. The van der Waals surface area contributed by atoms with E-state index in [1.54, 1.807) is 36.0 Å².